The molecule has 0 atom stereocenters. The van der Waals surface area contributed by atoms with E-state index in [0.29, 0.717) is 0 Å². The van der Waals surface area contributed by atoms with E-state index in [1.54, 1.807) is 12.1 Å². The molecule has 0 aromatic heterocycles. The Morgan fingerprint density at radius 2 is 1.58 bits per heavy atom. The molecule has 0 bridgehead atoms. The molecule has 12 heavy (non-hydrogen) atoms. The first-order valence-corrected chi connectivity index (χ1v) is 3.61. The molecule has 0 unspecified atom stereocenters. The fourth-order valence-corrected chi connectivity index (χ4v) is 0.966. The maximum atomic E-state index is 10.1. The van der Waals surface area contributed by atoms with Crippen LogP contribution in [0.5, 0.6) is 0 Å². The lowest BCUT2D eigenvalue weighted by Crippen LogP contribution is -1.77. The minimum absolute atomic E-state index is 0.254. The normalized spacial score (nSPS) is 9.42. The zero-order chi connectivity index (χ0) is 8.97. The Balaban J connectivity index is 3.18. The number of hydrogen-bond donors (Lipinski definition) is 0. The molecule has 0 saturated heterocycles. The van der Waals surface area contributed by atoms with Crippen LogP contribution in [0, 0.1) is 9.81 Å². The molecule has 0 aliphatic heterocycles. The van der Waals surface area contributed by atoms with Crippen molar-refractivity contribution in [2.75, 3.05) is 0 Å². The van der Waals surface area contributed by atoms with Crippen LogP contribution >= 0.6 is 0 Å². The molecular weight excluding hydrogens is 156 g/mol. The summed E-state index contributed by atoms with van der Waals surface area (Å²) in [6.45, 7) is 1.93. The van der Waals surface area contributed by atoms with Gasteiger partial charge in [-0.25, -0.2) is 0 Å². The summed E-state index contributed by atoms with van der Waals surface area (Å²) in [7, 11) is 0. The monoisotopic (exact) mass is 164 g/mol. The van der Waals surface area contributed by atoms with Gasteiger partial charge in [0.15, 0.2) is 0 Å². The number of nitrogens with zero attached hydrogens (tertiary/aromatic N) is 2. The van der Waals surface area contributed by atoms with Gasteiger partial charge in [-0.2, -0.15) is 0 Å². The fraction of sp³-hybridized carbons (Fsp3) is 0.250. The zero-order valence-electron chi connectivity index (χ0n) is 6.65. The largest absolute Gasteiger partial charge is 0.145 e. The highest BCUT2D eigenvalue weighted by molar-refractivity contribution is 5.53. The number of hydrogen-bond acceptors (Lipinski definition) is 4. The summed E-state index contributed by atoms with van der Waals surface area (Å²) in [5.41, 5.74) is 1.40. The van der Waals surface area contributed by atoms with Gasteiger partial charge in [-0.1, -0.05) is 6.92 Å². The van der Waals surface area contributed by atoms with Gasteiger partial charge >= 0.3 is 0 Å². The third-order valence-corrected chi connectivity index (χ3v) is 1.58. The van der Waals surface area contributed by atoms with Crippen LogP contribution in [-0.2, 0) is 6.42 Å². The first-order chi connectivity index (χ1) is 5.80. The molecule has 0 spiro atoms. The number of aryl methyl sites for hydroxylation is 1. The molecule has 0 heterocycles. The van der Waals surface area contributed by atoms with Crippen molar-refractivity contribution in [3.63, 3.8) is 0 Å². The average Bonchev–Trinajstić information content (AvgIpc) is 2.16. The minimum atomic E-state index is 0.254. The molecule has 0 aliphatic rings. The van der Waals surface area contributed by atoms with E-state index in [2.05, 4.69) is 10.4 Å². The van der Waals surface area contributed by atoms with Crippen LogP contribution < -0.4 is 0 Å². The number of rotatable bonds is 3. The third-order valence-electron chi connectivity index (χ3n) is 1.58. The molecule has 0 fully saturated rings. The molecule has 62 valence electrons. The van der Waals surface area contributed by atoms with Crippen molar-refractivity contribution < 1.29 is 0 Å². The summed E-state index contributed by atoms with van der Waals surface area (Å²) in [5, 5.41) is 5.48. The summed E-state index contributed by atoms with van der Waals surface area (Å²) in [5.74, 6) is 0. The SMILES string of the molecule is CCc1cc(N=O)cc(N=O)c1. The lowest BCUT2D eigenvalue weighted by Gasteiger charge is -1.97. The quantitative estimate of drug-likeness (QED) is 0.644. The second-order valence-electron chi connectivity index (χ2n) is 2.39. The summed E-state index contributed by atoms with van der Waals surface area (Å²) in [6.07, 6.45) is 0.756. The molecule has 1 aromatic rings. The van der Waals surface area contributed by atoms with Crippen LogP contribution in [0.3, 0.4) is 0 Å². The van der Waals surface area contributed by atoms with Crippen molar-refractivity contribution in [3.05, 3.63) is 33.6 Å². The standard InChI is InChI=1S/C8H8N2O2/c1-2-6-3-7(9-11)5-8(4-6)10-12/h3-5H,2H2,1H3. The van der Waals surface area contributed by atoms with Gasteiger partial charge in [0, 0.05) is 0 Å². The van der Waals surface area contributed by atoms with Crippen molar-refractivity contribution >= 4 is 11.4 Å². The molecule has 1 rings (SSSR count). The van der Waals surface area contributed by atoms with Gasteiger partial charge in [-0.15, -0.1) is 9.81 Å². The van der Waals surface area contributed by atoms with Crippen LogP contribution in [-0.4, -0.2) is 0 Å². The van der Waals surface area contributed by atoms with Gasteiger partial charge < -0.3 is 0 Å². The Morgan fingerprint density at radius 1 is 1.08 bits per heavy atom. The summed E-state index contributed by atoms with van der Waals surface area (Å²) in [6, 6.07) is 4.64. The van der Waals surface area contributed by atoms with Crippen molar-refractivity contribution in [3.8, 4) is 0 Å². The maximum absolute atomic E-state index is 10.1. The van der Waals surface area contributed by atoms with E-state index in [4.69, 9.17) is 0 Å². The van der Waals surface area contributed by atoms with E-state index >= 15 is 0 Å². The van der Waals surface area contributed by atoms with Gasteiger partial charge in [-0.3, -0.25) is 0 Å². The second kappa shape index (κ2) is 3.71. The first kappa shape index (κ1) is 8.52. The molecule has 0 radical (unpaired) electrons. The van der Waals surface area contributed by atoms with Gasteiger partial charge in [-0.05, 0) is 40.5 Å². The highest BCUT2D eigenvalue weighted by Crippen LogP contribution is 2.23. The van der Waals surface area contributed by atoms with Crippen LogP contribution in [0.15, 0.2) is 28.6 Å². The van der Waals surface area contributed by atoms with Crippen LogP contribution in [0.4, 0.5) is 11.4 Å². The molecular formula is C8H8N2O2. The average molecular weight is 164 g/mol. The Kier molecular flexibility index (Phi) is 2.63. The second-order valence-corrected chi connectivity index (χ2v) is 2.39. The smallest absolute Gasteiger partial charge is 0.110 e. The van der Waals surface area contributed by atoms with Crippen LogP contribution in [0.1, 0.15) is 12.5 Å². The molecule has 0 aliphatic carbocycles. The predicted octanol–water partition coefficient (Wildman–Crippen LogP) is 3.04. The third kappa shape index (κ3) is 1.72. The van der Waals surface area contributed by atoms with Crippen molar-refractivity contribution in [2.24, 2.45) is 10.4 Å². The molecule has 1 aromatic carbocycles. The zero-order valence-corrected chi connectivity index (χ0v) is 6.65. The topological polar surface area (TPSA) is 58.9 Å². The number of nitroso groups, excluding NO2 is 2. The summed E-state index contributed by atoms with van der Waals surface area (Å²) in [4.78, 5) is 20.3. The fourth-order valence-electron chi connectivity index (χ4n) is 0.966. The Labute approximate surface area is 69.6 Å². The molecule has 4 heteroatoms. The molecule has 0 N–H and O–H groups in total. The van der Waals surface area contributed by atoms with E-state index in [-0.39, 0.29) is 11.4 Å². The van der Waals surface area contributed by atoms with Crippen molar-refractivity contribution in [1.29, 1.82) is 0 Å². The first-order valence-electron chi connectivity index (χ1n) is 3.61. The highest BCUT2D eigenvalue weighted by atomic mass is 16.3. The van der Waals surface area contributed by atoms with E-state index < -0.39 is 0 Å². The van der Waals surface area contributed by atoms with Crippen LogP contribution in [0.25, 0.3) is 0 Å². The number of benzene rings is 1. The van der Waals surface area contributed by atoms with Crippen molar-refractivity contribution in [1.82, 2.24) is 0 Å². The lowest BCUT2D eigenvalue weighted by atomic mass is 10.1. The van der Waals surface area contributed by atoms with Crippen molar-refractivity contribution in [2.45, 2.75) is 13.3 Å². The Hall–Kier alpha value is -1.58. The lowest BCUT2D eigenvalue weighted by molar-refractivity contribution is 1.14. The highest BCUT2D eigenvalue weighted by Gasteiger charge is 1.99. The van der Waals surface area contributed by atoms with E-state index in [9.17, 15) is 9.81 Å². The molecule has 4 nitrogen and oxygen atoms in total. The van der Waals surface area contributed by atoms with Gasteiger partial charge in [0.05, 0.1) is 0 Å². The Morgan fingerprint density at radius 3 is 1.92 bits per heavy atom. The van der Waals surface area contributed by atoms with Crippen LogP contribution in [0.2, 0.25) is 0 Å². The predicted molar refractivity (Wildman–Crippen MR) is 46.7 cm³/mol. The van der Waals surface area contributed by atoms with E-state index in [1.807, 2.05) is 6.92 Å². The minimum Gasteiger partial charge on any atom is -0.145 e. The molecule has 0 saturated carbocycles. The van der Waals surface area contributed by atoms with Gasteiger partial charge in [0.2, 0.25) is 0 Å². The Bertz CT molecular complexity index is 284. The molecule has 0 amide bonds. The summed E-state index contributed by atoms with van der Waals surface area (Å²) < 4.78 is 0. The van der Waals surface area contributed by atoms with E-state index in [0.717, 1.165) is 12.0 Å². The summed E-state index contributed by atoms with van der Waals surface area (Å²) >= 11 is 0. The maximum Gasteiger partial charge on any atom is 0.110 e. The van der Waals surface area contributed by atoms with E-state index in [1.165, 1.54) is 6.07 Å². The van der Waals surface area contributed by atoms with Gasteiger partial charge in [0.1, 0.15) is 11.4 Å². The van der Waals surface area contributed by atoms with Gasteiger partial charge in [0.25, 0.3) is 0 Å².